The van der Waals surface area contributed by atoms with E-state index in [9.17, 15) is 4.79 Å². The molecule has 5 rings (SSSR count). The predicted octanol–water partition coefficient (Wildman–Crippen LogP) is 6.72. The van der Waals surface area contributed by atoms with Gasteiger partial charge in [-0.1, -0.05) is 41.6 Å². The molecule has 1 aliphatic rings. The summed E-state index contributed by atoms with van der Waals surface area (Å²) in [5.41, 5.74) is 3.36. The summed E-state index contributed by atoms with van der Waals surface area (Å²) < 4.78 is 21.8. The number of hydrogen-bond acceptors (Lipinski definition) is 8. The summed E-state index contributed by atoms with van der Waals surface area (Å²) in [6.07, 6.45) is 1.69. The molecule has 38 heavy (non-hydrogen) atoms. The van der Waals surface area contributed by atoms with E-state index in [0.717, 1.165) is 32.0 Å². The molecule has 7 nitrogen and oxygen atoms in total. The predicted molar refractivity (Wildman–Crippen MR) is 149 cm³/mol. The third-order valence-electron chi connectivity index (χ3n) is 5.89. The minimum Gasteiger partial charge on any atom is -0.493 e. The molecule has 0 bridgehead atoms. The zero-order valence-corrected chi connectivity index (χ0v) is 22.6. The Morgan fingerprint density at radius 2 is 1.66 bits per heavy atom. The number of para-hydroxylation sites is 1. The normalized spacial score (nSPS) is 14.0. The van der Waals surface area contributed by atoms with Crippen LogP contribution < -0.4 is 14.2 Å². The lowest BCUT2D eigenvalue weighted by Crippen LogP contribution is -2.07. The van der Waals surface area contributed by atoms with Gasteiger partial charge in [0.1, 0.15) is 5.03 Å². The van der Waals surface area contributed by atoms with Crippen molar-refractivity contribution in [1.29, 1.82) is 0 Å². The molecule has 1 aromatic heterocycles. The van der Waals surface area contributed by atoms with Gasteiger partial charge in [-0.25, -0.2) is 14.8 Å². The number of hydrogen-bond donors (Lipinski definition) is 0. The third kappa shape index (κ3) is 5.05. The molecule has 0 atom stereocenters. The van der Waals surface area contributed by atoms with Gasteiger partial charge in [0.2, 0.25) is 11.6 Å². The minimum atomic E-state index is -0.569. The number of nitrogens with zero attached hydrogens (tertiary/aromatic N) is 2. The van der Waals surface area contributed by atoms with E-state index < -0.39 is 5.97 Å². The molecule has 1 aliphatic heterocycles. The number of benzene rings is 3. The van der Waals surface area contributed by atoms with E-state index >= 15 is 0 Å². The Labute approximate surface area is 229 Å². The zero-order valence-electron chi connectivity index (χ0n) is 21.1. The Morgan fingerprint density at radius 3 is 2.32 bits per heavy atom. The second-order valence-corrected chi connectivity index (χ2v) is 9.83. The van der Waals surface area contributed by atoms with Crippen LogP contribution in [0, 0.1) is 6.92 Å². The fraction of sp³-hybridized carbons (Fsp3) is 0.138. The lowest BCUT2D eigenvalue weighted by molar-refractivity contribution is -0.129. The molecule has 9 heteroatoms. The lowest BCUT2D eigenvalue weighted by atomic mass is 10.1. The standard InChI is InChI=1S/C29H23ClN2O5S/c1-16-6-5-7-17-12-19(28(32-25(16)17)38-21-10-8-20(30)9-11-21)13-22-29(33)37-27(31-22)18-14-23(34-2)26(36-4)24(15-18)35-3/h5-15H,1-4H3/b22-13+. The Hall–Kier alpha value is -4.01. The van der Waals surface area contributed by atoms with Crippen molar-refractivity contribution in [1.82, 2.24) is 4.98 Å². The number of fused-ring (bicyclic) bond motifs is 1. The van der Waals surface area contributed by atoms with Gasteiger partial charge < -0.3 is 18.9 Å². The van der Waals surface area contributed by atoms with Crippen LogP contribution >= 0.6 is 23.4 Å². The molecular formula is C29H23ClN2O5S. The van der Waals surface area contributed by atoms with Crippen molar-refractivity contribution >= 4 is 52.2 Å². The summed E-state index contributed by atoms with van der Waals surface area (Å²) in [5, 5.41) is 2.34. The molecule has 4 aromatic rings. The van der Waals surface area contributed by atoms with Crippen LogP contribution in [0.4, 0.5) is 0 Å². The number of methoxy groups -OCH3 is 3. The molecule has 0 radical (unpaired) electrons. The van der Waals surface area contributed by atoms with Crippen molar-refractivity contribution < 1.29 is 23.7 Å². The first-order valence-corrected chi connectivity index (χ1v) is 12.8. The Morgan fingerprint density at radius 1 is 0.947 bits per heavy atom. The maximum Gasteiger partial charge on any atom is 0.363 e. The number of aromatic nitrogens is 1. The molecule has 2 heterocycles. The lowest BCUT2D eigenvalue weighted by Gasteiger charge is -2.13. The molecule has 0 fully saturated rings. The summed E-state index contributed by atoms with van der Waals surface area (Å²) in [4.78, 5) is 23.3. The topological polar surface area (TPSA) is 79.2 Å². The molecule has 192 valence electrons. The van der Waals surface area contributed by atoms with Gasteiger partial charge in [0.05, 0.1) is 26.8 Å². The van der Waals surface area contributed by atoms with Crippen molar-refractivity contribution in [3.05, 3.63) is 88.1 Å². The highest BCUT2D eigenvalue weighted by Gasteiger charge is 2.27. The number of rotatable bonds is 7. The van der Waals surface area contributed by atoms with Crippen LogP contribution in [-0.2, 0) is 9.53 Å². The van der Waals surface area contributed by atoms with E-state index in [1.165, 1.54) is 33.1 Å². The first-order valence-electron chi connectivity index (χ1n) is 11.6. The molecule has 0 N–H and O–H groups in total. The van der Waals surface area contributed by atoms with E-state index in [0.29, 0.717) is 27.8 Å². The van der Waals surface area contributed by atoms with Gasteiger partial charge in [0.25, 0.3) is 0 Å². The first kappa shape index (κ1) is 25.6. The van der Waals surface area contributed by atoms with E-state index in [2.05, 4.69) is 4.99 Å². The summed E-state index contributed by atoms with van der Waals surface area (Å²) in [5.74, 6) is 0.848. The third-order valence-corrected chi connectivity index (χ3v) is 7.17. The van der Waals surface area contributed by atoms with Crippen LogP contribution in [-0.4, -0.2) is 38.2 Å². The molecule has 0 amide bonds. The van der Waals surface area contributed by atoms with Crippen LogP contribution in [0.5, 0.6) is 17.2 Å². The maximum atomic E-state index is 12.9. The number of aryl methyl sites for hydroxylation is 1. The number of aliphatic imine (C=N–C) groups is 1. The van der Waals surface area contributed by atoms with Crippen molar-refractivity contribution in [3.63, 3.8) is 0 Å². The van der Waals surface area contributed by atoms with E-state index in [1.807, 2.05) is 55.5 Å². The molecular weight excluding hydrogens is 524 g/mol. The summed E-state index contributed by atoms with van der Waals surface area (Å²) in [6.45, 7) is 2.02. The van der Waals surface area contributed by atoms with Crippen molar-refractivity contribution in [3.8, 4) is 17.2 Å². The van der Waals surface area contributed by atoms with Crippen molar-refractivity contribution in [2.75, 3.05) is 21.3 Å². The van der Waals surface area contributed by atoms with Gasteiger partial charge in [-0.05, 0) is 61.0 Å². The largest absolute Gasteiger partial charge is 0.493 e. The average Bonchev–Trinajstić information content (AvgIpc) is 3.29. The number of pyridine rings is 1. The van der Waals surface area contributed by atoms with Crippen LogP contribution in [0.3, 0.4) is 0 Å². The second kappa shape index (κ2) is 10.8. The van der Waals surface area contributed by atoms with Gasteiger partial charge >= 0.3 is 5.97 Å². The Kier molecular flexibility index (Phi) is 7.26. The fourth-order valence-electron chi connectivity index (χ4n) is 4.03. The van der Waals surface area contributed by atoms with Gasteiger partial charge in [0, 0.05) is 26.4 Å². The van der Waals surface area contributed by atoms with Gasteiger partial charge in [-0.2, -0.15) is 0 Å². The van der Waals surface area contributed by atoms with Crippen LogP contribution in [0.2, 0.25) is 5.02 Å². The van der Waals surface area contributed by atoms with Crippen molar-refractivity contribution in [2.45, 2.75) is 16.8 Å². The number of carbonyl (C=O) groups excluding carboxylic acids is 1. The second-order valence-electron chi connectivity index (χ2n) is 8.34. The smallest absolute Gasteiger partial charge is 0.363 e. The van der Waals surface area contributed by atoms with Crippen LogP contribution in [0.1, 0.15) is 16.7 Å². The highest BCUT2D eigenvalue weighted by atomic mass is 35.5. The summed E-state index contributed by atoms with van der Waals surface area (Å²) >= 11 is 7.55. The quantitative estimate of drug-likeness (QED) is 0.188. The van der Waals surface area contributed by atoms with Gasteiger partial charge in [-0.15, -0.1) is 0 Å². The molecule has 0 saturated carbocycles. The number of ether oxygens (including phenoxy) is 4. The number of halogens is 1. The maximum absolute atomic E-state index is 12.9. The van der Waals surface area contributed by atoms with Gasteiger partial charge in [-0.3, -0.25) is 0 Å². The molecule has 0 unspecified atom stereocenters. The highest BCUT2D eigenvalue weighted by molar-refractivity contribution is 7.99. The van der Waals surface area contributed by atoms with E-state index in [1.54, 1.807) is 18.2 Å². The van der Waals surface area contributed by atoms with E-state index in [-0.39, 0.29) is 11.6 Å². The number of carbonyl (C=O) groups is 1. The molecule has 3 aromatic carbocycles. The monoisotopic (exact) mass is 546 g/mol. The highest BCUT2D eigenvalue weighted by Crippen LogP contribution is 2.39. The van der Waals surface area contributed by atoms with Crippen LogP contribution in [0.25, 0.3) is 17.0 Å². The van der Waals surface area contributed by atoms with Crippen LogP contribution in [0.15, 0.2) is 81.3 Å². The molecule has 0 aliphatic carbocycles. The first-order chi connectivity index (χ1) is 18.4. The van der Waals surface area contributed by atoms with Gasteiger partial charge in [0.15, 0.2) is 17.2 Å². The molecule has 0 spiro atoms. The average molecular weight is 547 g/mol. The summed E-state index contributed by atoms with van der Waals surface area (Å²) in [6, 6.07) is 18.9. The van der Waals surface area contributed by atoms with E-state index in [4.69, 9.17) is 35.5 Å². The number of cyclic esters (lactones) is 1. The zero-order chi connectivity index (χ0) is 26.8. The Bertz CT molecular complexity index is 1590. The van der Waals surface area contributed by atoms with Crippen molar-refractivity contribution in [2.24, 2.45) is 4.99 Å². The Balaban J connectivity index is 1.59. The molecule has 0 saturated heterocycles. The minimum absolute atomic E-state index is 0.136. The fourth-order valence-corrected chi connectivity index (χ4v) is 5.02. The summed E-state index contributed by atoms with van der Waals surface area (Å²) in [7, 11) is 4.55. The SMILES string of the molecule is COc1cc(C2=N/C(=C/c3cc4cccc(C)c4nc3Sc3ccc(Cl)cc3)C(=O)O2)cc(OC)c1OC. The number of esters is 1.